The first-order chi connectivity index (χ1) is 15.5. The minimum Gasteiger partial charge on any atom is -0.490 e. The van der Waals surface area contributed by atoms with Gasteiger partial charge in [-0.2, -0.15) is 0 Å². The number of carbonyl (C=O) groups excluding carboxylic acids is 2. The van der Waals surface area contributed by atoms with Crippen LogP contribution in [0, 0.1) is 6.92 Å². The highest BCUT2D eigenvalue weighted by molar-refractivity contribution is 7.20. The van der Waals surface area contributed by atoms with Crippen LogP contribution in [0.5, 0.6) is 5.75 Å². The maximum Gasteiger partial charge on any atom is 0.341 e. The van der Waals surface area contributed by atoms with Crippen molar-refractivity contribution in [1.29, 1.82) is 0 Å². The quantitative estimate of drug-likeness (QED) is 0.392. The van der Waals surface area contributed by atoms with Crippen LogP contribution in [0.3, 0.4) is 0 Å². The predicted octanol–water partition coefficient (Wildman–Crippen LogP) is 5.20. The van der Waals surface area contributed by atoms with Crippen LogP contribution in [0.25, 0.3) is 16.1 Å². The Balaban J connectivity index is 1.73. The van der Waals surface area contributed by atoms with Crippen molar-refractivity contribution in [3.05, 3.63) is 71.7 Å². The molecule has 8 heteroatoms. The van der Waals surface area contributed by atoms with Gasteiger partial charge in [0.25, 0.3) is 5.91 Å². The summed E-state index contributed by atoms with van der Waals surface area (Å²) in [6, 6.07) is 15.1. The first-order valence-corrected chi connectivity index (χ1v) is 11.1. The summed E-state index contributed by atoms with van der Waals surface area (Å²) in [6.45, 7) is 6.15. The first-order valence-electron chi connectivity index (χ1n) is 10.3. The van der Waals surface area contributed by atoms with E-state index in [1.54, 1.807) is 36.6 Å². The van der Waals surface area contributed by atoms with E-state index in [1.807, 2.05) is 43.3 Å². The molecular weight excluding hydrogens is 426 g/mol. The second kappa shape index (κ2) is 9.23. The molecule has 3 aromatic heterocycles. The largest absolute Gasteiger partial charge is 0.490 e. The molecule has 0 aliphatic carbocycles. The summed E-state index contributed by atoms with van der Waals surface area (Å²) < 4.78 is 12.5. The number of amides is 1. The highest BCUT2D eigenvalue weighted by Gasteiger charge is 2.24. The highest BCUT2D eigenvalue weighted by Crippen LogP contribution is 2.36. The number of anilines is 1. The van der Waals surface area contributed by atoms with Crippen LogP contribution >= 0.6 is 11.3 Å². The molecule has 0 spiro atoms. The molecule has 4 rings (SSSR count). The van der Waals surface area contributed by atoms with Gasteiger partial charge in [-0.3, -0.25) is 9.20 Å². The van der Waals surface area contributed by atoms with Crippen LogP contribution in [-0.4, -0.2) is 34.5 Å². The monoisotopic (exact) mass is 449 g/mol. The molecule has 0 saturated heterocycles. The molecule has 7 nitrogen and oxygen atoms in total. The standard InChI is InChI=1S/C24H23N3O4S/c1-4-30-18-12-9-13-27-20(15(3)25-21(18)27)22(28)26-23-17(24(29)31-5-2)14-19(32-23)16-10-7-6-8-11-16/h6-14H,4-5H2,1-3H3,(H,26,28). The van der Waals surface area contributed by atoms with E-state index >= 15 is 0 Å². The van der Waals surface area contributed by atoms with Gasteiger partial charge in [-0.1, -0.05) is 30.3 Å². The van der Waals surface area contributed by atoms with Gasteiger partial charge in [0.1, 0.15) is 10.7 Å². The number of benzene rings is 1. The third-order valence-electron chi connectivity index (χ3n) is 4.82. The van der Waals surface area contributed by atoms with Gasteiger partial charge in [-0.15, -0.1) is 11.3 Å². The number of nitrogens with zero attached hydrogens (tertiary/aromatic N) is 2. The molecule has 0 aliphatic heterocycles. The number of esters is 1. The van der Waals surface area contributed by atoms with Gasteiger partial charge in [0.05, 0.1) is 24.5 Å². The number of carbonyl (C=O) groups is 2. The number of hydrogen-bond acceptors (Lipinski definition) is 6. The SMILES string of the molecule is CCOC(=O)c1cc(-c2ccccc2)sc1NC(=O)c1c(C)nc2c(OCC)cccn12. The summed E-state index contributed by atoms with van der Waals surface area (Å²) in [4.78, 5) is 31.3. The zero-order chi connectivity index (χ0) is 22.7. The van der Waals surface area contributed by atoms with Crippen molar-refractivity contribution < 1.29 is 19.1 Å². The topological polar surface area (TPSA) is 81.9 Å². The lowest BCUT2D eigenvalue weighted by atomic mass is 10.1. The molecule has 4 aromatic rings. The molecule has 1 amide bonds. The molecule has 164 valence electrons. The van der Waals surface area contributed by atoms with E-state index in [2.05, 4.69) is 10.3 Å². The summed E-state index contributed by atoms with van der Waals surface area (Å²) in [6.07, 6.45) is 1.77. The molecule has 0 fully saturated rings. The van der Waals surface area contributed by atoms with Crippen molar-refractivity contribution in [3.63, 3.8) is 0 Å². The molecule has 0 radical (unpaired) electrons. The lowest BCUT2D eigenvalue weighted by Gasteiger charge is -2.08. The van der Waals surface area contributed by atoms with Crippen molar-refractivity contribution in [2.45, 2.75) is 20.8 Å². The highest BCUT2D eigenvalue weighted by atomic mass is 32.1. The van der Waals surface area contributed by atoms with Gasteiger partial charge in [0, 0.05) is 11.1 Å². The van der Waals surface area contributed by atoms with E-state index < -0.39 is 5.97 Å². The summed E-state index contributed by atoms with van der Waals surface area (Å²) >= 11 is 1.33. The second-order valence-electron chi connectivity index (χ2n) is 6.94. The number of aryl methyl sites for hydroxylation is 1. The molecule has 0 aliphatic rings. The van der Waals surface area contributed by atoms with Crippen molar-refractivity contribution in [2.24, 2.45) is 0 Å². The molecule has 1 N–H and O–H groups in total. The van der Waals surface area contributed by atoms with Gasteiger partial charge in [0.15, 0.2) is 11.4 Å². The maximum atomic E-state index is 13.3. The van der Waals surface area contributed by atoms with E-state index in [-0.39, 0.29) is 12.5 Å². The van der Waals surface area contributed by atoms with E-state index in [0.717, 1.165) is 10.4 Å². The maximum absolute atomic E-state index is 13.3. The number of hydrogen-bond donors (Lipinski definition) is 1. The lowest BCUT2D eigenvalue weighted by molar-refractivity contribution is 0.0528. The minimum absolute atomic E-state index is 0.245. The molecule has 0 unspecified atom stereocenters. The molecular formula is C24H23N3O4S. The zero-order valence-corrected chi connectivity index (χ0v) is 18.9. The molecule has 32 heavy (non-hydrogen) atoms. The van der Waals surface area contributed by atoms with E-state index in [4.69, 9.17) is 9.47 Å². The molecule has 3 heterocycles. The number of nitrogens with one attached hydrogen (secondary N) is 1. The summed E-state index contributed by atoms with van der Waals surface area (Å²) in [5.41, 5.74) is 2.79. The first kappa shape index (κ1) is 21.6. The summed E-state index contributed by atoms with van der Waals surface area (Å²) in [7, 11) is 0. The normalized spacial score (nSPS) is 10.8. The van der Waals surface area contributed by atoms with Gasteiger partial charge >= 0.3 is 5.97 Å². The number of ether oxygens (including phenoxy) is 2. The van der Waals surface area contributed by atoms with Crippen LogP contribution < -0.4 is 10.1 Å². The number of rotatable bonds is 7. The summed E-state index contributed by atoms with van der Waals surface area (Å²) in [5.74, 6) is -0.239. The predicted molar refractivity (Wildman–Crippen MR) is 125 cm³/mol. The van der Waals surface area contributed by atoms with Crippen molar-refractivity contribution in [1.82, 2.24) is 9.38 Å². The fraction of sp³-hybridized carbons (Fsp3) is 0.208. The van der Waals surface area contributed by atoms with Crippen LogP contribution in [0.2, 0.25) is 0 Å². The number of thiophene rings is 1. The second-order valence-corrected chi connectivity index (χ2v) is 7.99. The van der Waals surface area contributed by atoms with E-state index in [0.29, 0.717) is 40.0 Å². The Kier molecular flexibility index (Phi) is 6.23. The smallest absolute Gasteiger partial charge is 0.341 e. The number of pyridine rings is 1. The third-order valence-corrected chi connectivity index (χ3v) is 5.92. The van der Waals surface area contributed by atoms with Gasteiger partial charge in [-0.05, 0) is 44.5 Å². The minimum atomic E-state index is -0.477. The molecule has 1 aromatic carbocycles. The van der Waals surface area contributed by atoms with Gasteiger partial charge in [0.2, 0.25) is 0 Å². The van der Waals surface area contributed by atoms with Crippen LogP contribution in [-0.2, 0) is 4.74 Å². The fourth-order valence-electron chi connectivity index (χ4n) is 3.45. The average molecular weight is 450 g/mol. The molecule has 0 bridgehead atoms. The Labute approximate surface area is 189 Å². The third kappa shape index (κ3) is 4.09. The van der Waals surface area contributed by atoms with Crippen molar-refractivity contribution >= 4 is 33.9 Å². The van der Waals surface area contributed by atoms with Crippen LogP contribution in [0.1, 0.15) is 40.4 Å². The van der Waals surface area contributed by atoms with Crippen molar-refractivity contribution in [3.8, 4) is 16.2 Å². The van der Waals surface area contributed by atoms with Crippen molar-refractivity contribution in [2.75, 3.05) is 18.5 Å². The lowest BCUT2D eigenvalue weighted by Crippen LogP contribution is -2.17. The Bertz CT molecular complexity index is 1280. The Morgan fingerprint density at radius 2 is 1.88 bits per heavy atom. The summed E-state index contributed by atoms with van der Waals surface area (Å²) in [5, 5.41) is 3.34. The number of aromatic nitrogens is 2. The Morgan fingerprint density at radius 3 is 2.59 bits per heavy atom. The molecule has 0 atom stereocenters. The number of fused-ring (bicyclic) bond motifs is 1. The molecule has 0 saturated carbocycles. The van der Waals surface area contributed by atoms with E-state index in [1.165, 1.54) is 11.3 Å². The van der Waals surface area contributed by atoms with Crippen LogP contribution in [0.15, 0.2) is 54.7 Å². The number of imidazole rings is 1. The van der Waals surface area contributed by atoms with E-state index in [9.17, 15) is 9.59 Å². The fourth-order valence-corrected chi connectivity index (χ4v) is 4.50. The Morgan fingerprint density at radius 1 is 1.09 bits per heavy atom. The van der Waals surface area contributed by atoms with Crippen LogP contribution in [0.4, 0.5) is 5.00 Å². The van der Waals surface area contributed by atoms with Gasteiger partial charge in [-0.25, -0.2) is 9.78 Å². The van der Waals surface area contributed by atoms with Gasteiger partial charge < -0.3 is 14.8 Å². The Hall–Kier alpha value is -3.65. The zero-order valence-electron chi connectivity index (χ0n) is 18.0. The average Bonchev–Trinajstić information content (AvgIpc) is 3.36.